The number of carbonyl (C=O) groups is 1. The summed E-state index contributed by atoms with van der Waals surface area (Å²) in [5, 5.41) is 3.21. The average molecular weight is 374 g/mol. The number of sulfonamides is 1. The van der Waals surface area contributed by atoms with Gasteiger partial charge in [0.1, 0.15) is 0 Å². The smallest absolute Gasteiger partial charge is 0.243 e. The standard InChI is InChI=1S/C16H23N3O3S.ClH/c1-12(20)19-10-5-13-11-15(3-4-16(13)19)23(21,22)18-8-6-14(17-2)7-9-18;/h3-4,11,14,17H,5-10H2,1-2H3;1H. The molecule has 0 radical (unpaired) electrons. The third-order valence-electron chi connectivity index (χ3n) is 4.83. The molecule has 1 amide bonds. The van der Waals surface area contributed by atoms with Crippen molar-refractivity contribution in [2.45, 2.75) is 37.1 Å². The van der Waals surface area contributed by atoms with Gasteiger partial charge in [0.15, 0.2) is 0 Å². The van der Waals surface area contributed by atoms with Gasteiger partial charge in [0.25, 0.3) is 0 Å². The summed E-state index contributed by atoms with van der Waals surface area (Å²) in [6.45, 7) is 3.25. The van der Waals surface area contributed by atoms with Crippen LogP contribution in [0.1, 0.15) is 25.3 Å². The number of amides is 1. The Morgan fingerprint density at radius 2 is 1.88 bits per heavy atom. The molecule has 2 heterocycles. The van der Waals surface area contributed by atoms with Crippen LogP contribution < -0.4 is 10.2 Å². The lowest BCUT2D eigenvalue weighted by molar-refractivity contribution is -0.116. The molecule has 8 heteroatoms. The maximum Gasteiger partial charge on any atom is 0.243 e. The van der Waals surface area contributed by atoms with Gasteiger partial charge < -0.3 is 10.2 Å². The van der Waals surface area contributed by atoms with E-state index in [1.807, 2.05) is 7.05 Å². The number of benzene rings is 1. The molecule has 6 nitrogen and oxygen atoms in total. The number of fused-ring (bicyclic) bond motifs is 1. The van der Waals surface area contributed by atoms with Crippen molar-refractivity contribution >= 4 is 34.0 Å². The molecule has 0 aromatic heterocycles. The fourth-order valence-electron chi connectivity index (χ4n) is 3.40. The summed E-state index contributed by atoms with van der Waals surface area (Å²) in [4.78, 5) is 13.6. The molecule has 0 bridgehead atoms. The molecule has 1 saturated heterocycles. The molecule has 3 rings (SSSR count). The number of hydrogen-bond acceptors (Lipinski definition) is 4. The van der Waals surface area contributed by atoms with Crippen LogP contribution in [0.15, 0.2) is 23.1 Å². The van der Waals surface area contributed by atoms with Crippen molar-refractivity contribution in [3.8, 4) is 0 Å². The quantitative estimate of drug-likeness (QED) is 0.869. The minimum absolute atomic E-state index is 0. The van der Waals surface area contributed by atoms with Crippen LogP contribution in [0, 0.1) is 0 Å². The van der Waals surface area contributed by atoms with Crippen LogP contribution in [0.2, 0.25) is 0 Å². The molecular weight excluding hydrogens is 350 g/mol. The maximum atomic E-state index is 12.8. The van der Waals surface area contributed by atoms with Gasteiger partial charge in [0, 0.05) is 38.3 Å². The molecule has 24 heavy (non-hydrogen) atoms. The number of hydrogen-bond donors (Lipinski definition) is 1. The van der Waals surface area contributed by atoms with Crippen molar-refractivity contribution in [2.24, 2.45) is 0 Å². The van der Waals surface area contributed by atoms with Crippen molar-refractivity contribution in [1.82, 2.24) is 9.62 Å². The second-order valence-corrected chi connectivity index (χ2v) is 8.12. The summed E-state index contributed by atoms with van der Waals surface area (Å²) in [5.74, 6) is -0.00602. The Morgan fingerprint density at radius 1 is 1.21 bits per heavy atom. The van der Waals surface area contributed by atoms with Gasteiger partial charge in [-0.25, -0.2) is 8.42 Å². The molecule has 0 aliphatic carbocycles. The topological polar surface area (TPSA) is 69.7 Å². The highest BCUT2D eigenvalue weighted by Gasteiger charge is 2.30. The summed E-state index contributed by atoms with van der Waals surface area (Å²) in [7, 11) is -1.54. The summed E-state index contributed by atoms with van der Waals surface area (Å²) < 4.78 is 27.2. The molecule has 0 spiro atoms. The van der Waals surface area contributed by atoms with E-state index in [0.29, 0.717) is 37.0 Å². The van der Waals surface area contributed by atoms with Crippen LogP contribution in [0.25, 0.3) is 0 Å². The van der Waals surface area contributed by atoms with E-state index in [0.717, 1.165) is 24.1 Å². The lowest BCUT2D eigenvalue weighted by atomic mass is 10.1. The SMILES string of the molecule is CNC1CCN(S(=O)(=O)c2ccc3c(c2)CCN3C(C)=O)CC1.Cl. The van der Waals surface area contributed by atoms with E-state index < -0.39 is 10.0 Å². The van der Waals surface area contributed by atoms with Crippen molar-refractivity contribution in [3.05, 3.63) is 23.8 Å². The molecule has 0 atom stereocenters. The van der Waals surface area contributed by atoms with Gasteiger partial charge in [-0.3, -0.25) is 4.79 Å². The van der Waals surface area contributed by atoms with Gasteiger partial charge in [0.05, 0.1) is 4.90 Å². The Kier molecular flexibility index (Phi) is 5.91. The maximum absolute atomic E-state index is 12.8. The highest BCUT2D eigenvalue weighted by molar-refractivity contribution is 7.89. The minimum Gasteiger partial charge on any atom is -0.317 e. The van der Waals surface area contributed by atoms with Gasteiger partial charge >= 0.3 is 0 Å². The third-order valence-corrected chi connectivity index (χ3v) is 6.72. The molecule has 0 saturated carbocycles. The number of anilines is 1. The minimum atomic E-state index is -3.45. The van der Waals surface area contributed by atoms with Gasteiger partial charge in [-0.05, 0) is 50.1 Å². The molecule has 1 N–H and O–H groups in total. The van der Waals surface area contributed by atoms with Crippen LogP contribution in [0.4, 0.5) is 5.69 Å². The second-order valence-electron chi connectivity index (χ2n) is 6.18. The zero-order chi connectivity index (χ0) is 16.6. The van der Waals surface area contributed by atoms with Gasteiger partial charge in [0.2, 0.25) is 15.9 Å². The highest BCUT2D eigenvalue weighted by atomic mass is 35.5. The largest absolute Gasteiger partial charge is 0.317 e. The molecular formula is C16H24ClN3O3S. The second kappa shape index (κ2) is 7.39. The normalized spacial score (nSPS) is 19.0. The van der Waals surface area contributed by atoms with E-state index in [4.69, 9.17) is 0 Å². The first kappa shape index (κ1) is 19.2. The van der Waals surface area contributed by atoms with Crippen LogP contribution in [0.5, 0.6) is 0 Å². The fraction of sp³-hybridized carbons (Fsp3) is 0.562. The molecule has 1 aromatic carbocycles. The molecule has 2 aliphatic rings. The average Bonchev–Trinajstić information content (AvgIpc) is 2.98. The predicted molar refractivity (Wildman–Crippen MR) is 96.3 cm³/mol. The molecule has 134 valence electrons. The van der Waals surface area contributed by atoms with Crippen molar-refractivity contribution < 1.29 is 13.2 Å². The van der Waals surface area contributed by atoms with Crippen molar-refractivity contribution in [3.63, 3.8) is 0 Å². The van der Waals surface area contributed by atoms with Crippen LogP contribution in [0.3, 0.4) is 0 Å². The lowest BCUT2D eigenvalue weighted by Gasteiger charge is -2.31. The molecule has 2 aliphatic heterocycles. The summed E-state index contributed by atoms with van der Waals surface area (Å²) >= 11 is 0. The number of carbonyl (C=O) groups excluding carboxylic acids is 1. The Balaban J connectivity index is 0.00000208. The lowest BCUT2D eigenvalue weighted by Crippen LogP contribution is -2.43. The summed E-state index contributed by atoms with van der Waals surface area (Å²) in [6, 6.07) is 5.51. The van der Waals surface area contributed by atoms with Gasteiger partial charge in [-0.15, -0.1) is 12.4 Å². The number of rotatable bonds is 3. The van der Waals surface area contributed by atoms with Crippen molar-refractivity contribution in [1.29, 1.82) is 0 Å². The number of piperidine rings is 1. The zero-order valence-corrected chi connectivity index (χ0v) is 15.6. The van der Waals surface area contributed by atoms with Crippen molar-refractivity contribution in [2.75, 3.05) is 31.6 Å². The monoisotopic (exact) mass is 373 g/mol. The highest BCUT2D eigenvalue weighted by Crippen LogP contribution is 2.31. The van der Waals surface area contributed by atoms with Crippen LogP contribution in [-0.2, 0) is 21.2 Å². The fourth-order valence-corrected chi connectivity index (χ4v) is 4.92. The van der Waals surface area contributed by atoms with Crippen LogP contribution >= 0.6 is 12.4 Å². The Hall–Kier alpha value is -1.15. The van der Waals surface area contributed by atoms with Gasteiger partial charge in [-0.1, -0.05) is 0 Å². The Labute approximate surface area is 149 Å². The molecule has 1 fully saturated rings. The number of nitrogens with one attached hydrogen (secondary N) is 1. The summed E-state index contributed by atoms with van der Waals surface area (Å²) in [5.41, 5.74) is 1.77. The van der Waals surface area contributed by atoms with E-state index >= 15 is 0 Å². The predicted octanol–water partition coefficient (Wildman–Crippen LogP) is 1.39. The van der Waals surface area contributed by atoms with E-state index in [9.17, 15) is 13.2 Å². The van der Waals surface area contributed by atoms with Crippen LogP contribution in [-0.4, -0.2) is 51.4 Å². The Morgan fingerprint density at radius 3 is 2.46 bits per heavy atom. The first-order chi connectivity index (χ1) is 10.9. The first-order valence-electron chi connectivity index (χ1n) is 8.02. The van der Waals surface area contributed by atoms with Gasteiger partial charge in [-0.2, -0.15) is 4.31 Å². The number of halogens is 1. The Bertz CT molecular complexity index is 715. The first-order valence-corrected chi connectivity index (χ1v) is 9.46. The molecule has 0 unspecified atom stereocenters. The van der Waals surface area contributed by atoms with E-state index in [2.05, 4.69) is 5.32 Å². The molecule has 1 aromatic rings. The zero-order valence-electron chi connectivity index (χ0n) is 14.0. The van der Waals surface area contributed by atoms with E-state index in [1.54, 1.807) is 27.4 Å². The van der Waals surface area contributed by atoms with E-state index in [1.165, 1.54) is 6.92 Å². The summed E-state index contributed by atoms with van der Waals surface area (Å²) in [6.07, 6.45) is 2.37. The number of nitrogens with zero attached hydrogens (tertiary/aromatic N) is 2. The third kappa shape index (κ3) is 3.44. The van der Waals surface area contributed by atoms with E-state index in [-0.39, 0.29) is 18.3 Å².